The molecule has 7 nitrogen and oxygen atoms in total. The quantitative estimate of drug-likeness (QED) is 0.811. The molecule has 0 radical (unpaired) electrons. The standard InChI is InChI=1S/C20H20N2O5/c1-27-20(26)18-14(11-23)13-10-21-15(8-5-9-16(21)24)17(13)22(18)19(25)12-6-3-2-4-7-12/h2-9,13-14,17-18,23H,10-11H2,1H3/t13-,14-,17+,18-/m0/s1. The molecule has 4 rings (SSSR count). The highest BCUT2D eigenvalue weighted by Gasteiger charge is 2.57. The van der Waals surface area contributed by atoms with Gasteiger partial charge in [0, 0.05) is 42.3 Å². The Morgan fingerprint density at radius 1 is 1.15 bits per heavy atom. The first-order chi connectivity index (χ1) is 13.1. The minimum atomic E-state index is -0.897. The Balaban J connectivity index is 1.86. The van der Waals surface area contributed by atoms with Crippen LogP contribution in [-0.4, -0.2) is 46.2 Å². The molecule has 1 amide bonds. The molecule has 4 atom stereocenters. The fourth-order valence-electron chi connectivity index (χ4n) is 4.48. The molecule has 1 aromatic carbocycles. The summed E-state index contributed by atoms with van der Waals surface area (Å²) in [5.41, 5.74) is 0.974. The number of pyridine rings is 1. The first-order valence-corrected chi connectivity index (χ1v) is 8.84. The van der Waals surface area contributed by atoms with Gasteiger partial charge in [-0.2, -0.15) is 0 Å². The highest BCUT2D eigenvalue weighted by molar-refractivity contribution is 5.97. The summed E-state index contributed by atoms with van der Waals surface area (Å²) >= 11 is 0. The number of likely N-dealkylation sites (tertiary alicyclic amines) is 1. The van der Waals surface area contributed by atoms with Crippen molar-refractivity contribution in [2.45, 2.75) is 18.6 Å². The van der Waals surface area contributed by atoms with Crippen LogP contribution < -0.4 is 5.56 Å². The summed E-state index contributed by atoms with van der Waals surface area (Å²) in [5, 5.41) is 10.0. The number of carbonyl (C=O) groups excluding carboxylic acids is 2. The van der Waals surface area contributed by atoms with Gasteiger partial charge in [-0.05, 0) is 18.2 Å². The van der Waals surface area contributed by atoms with Crippen molar-refractivity contribution < 1.29 is 19.4 Å². The molecule has 27 heavy (non-hydrogen) atoms. The third-order valence-electron chi connectivity index (χ3n) is 5.65. The number of carbonyl (C=O) groups is 2. The van der Waals surface area contributed by atoms with Gasteiger partial charge < -0.3 is 19.3 Å². The fourth-order valence-corrected chi connectivity index (χ4v) is 4.48. The number of hydrogen-bond acceptors (Lipinski definition) is 5. The van der Waals surface area contributed by atoms with Crippen molar-refractivity contribution in [3.63, 3.8) is 0 Å². The van der Waals surface area contributed by atoms with Crippen molar-refractivity contribution in [3.05, 3.63) is 70.1 Å². The topological polar surface area (TPSA) is 88.8 Å². The van der Waals surface area contributed by atoms with E-state index < -0.39 is 24.0 Å². The maximum absolute atomic E-state index is 13.3. The lowest BCUT2D eigenvalue weighted by atomic mass is 9.88. The van der Waals surface area contributed by atoms with Gasteiger partial charge in [-0.25, -0.2) is 4.79 Å². The second-order valence-electron chi connectivity index (χ2n) is 6.90. The number of aliphatic hydroxyl groups excluding tert-OH is 1. The van der Waals surface area contributed by atoms with E-state index in [1.54, 1.807) is 41.0 Å². The Hall–Kier alpha value is -2.93. The largest absolute Gasteiger partial charge is 0.467 e. The molecule has 7 heteroatoms. The van der Waals surface area contributed by atoms with E-state index in [-0.39, 0.29) is 24.0 Å². The number of amides is 1. The number of aliphatic hydroxyl groups is 1. The summed E-state index contributed by atoms with van der Waals surface area (Å²) in [6, 6.07) is 12.2. The average molecular weight is 368 g/mol. The zero-order chi connectivity index (χ0) is 19.1. The van der Waals surface area contributed by atoms with Gasteiger partial charge in [-0.3, -0.25) is 9.59 Å². The summed E-state index contributed by atoms with van der Waals surface area (Å²) < 4.78 is 6.57. The van der Waals surface area contributed by atoms with Crippen LogP contribution in [0.4, 0.5) is 0 Å². The maximum Gasteiger partial charge on any atom is 0.329 e. The number of nitrogens with zero attached hydrogens (tertiary/aromatic N) is 2. The van der Waals surface area contributed by atoms with Gasteiger partial charge in [-0.15, -0.1) is 0 Å². The Bertz CT molecular complexity index is 939. The van der Waals surface area contributed by atoms with Crippen molar-refractivity contribution in [2.24, 2.45) is 11.8 Å². The van der Waals surface area contributed by atoms with Gasteiger partial charge in [0.05, 0.1) is 13.2 Å². The van der Waals surface area contributed by atoms with Crippen LogP contribution in [-0.2, 0) is 16.1 Å². The highest BCUT2D eigenvalue weighted by atomic mass is 16.5. The Morgan fingerprint density at radius 3 is 2.56 bits per heavy atom. The molecule has 0 unspecified atom stereocenters. The lowest BCUT2D eigenvalue weighted by Gasteiger charge is -2.30. The van der Waals surface area contributed by atoms with Crippen molar-refractivity contribution in [2.75, 3.05) is 13.7 Å². The van der Waals surface area contributed by atoms with E-state index in [1.165, 1.54) is 18.1 Å². The number of hydrogen-bond donors (Lipinski definition) is 1. The number of rotatable bonds is 3. The Morgan fingerprint density at radius 2 is 1.89 bits per heavy atom. The van der Waals surface area contributed by atoms with Crippen LogP contribution in [0.25, 0.3) is 0 Å². The normalized spacial score (nSPS) is 25.8. The number of methoxy groups -OCH3 is 1. The van der Waals surface area contributed by atoms with Crippen LogP contribution in [0.5, 0.6) is 0 Å². The van der Waals surface area contributed by atoms with E-state index in [0.717, 1.165) is 0 Å². The van der Waals surface area contributed by atoms with Crippen LogP contribution in [0.3, 0.4) is 0 Å². The van der Waals surface area contributed by atoms with E-state index in [9.17, 15) is 19.5 Å². The van der Waals surface area contributed by atoms with E-state index in [0.29, 0.717) is 17.8 Å². The van der Waals surface area contributed by atoms with Crippen molar-refractivity contribution in [1.82, 2.24) is 9.47 Å². The highest BCUT2D eigenvalue weighted by Crippen LogP contribution is 2.49. The molecule has 1 fully saturated rings. The maximum atomic E-state index is 13.3. The predicted octanol–water partition coefficient (Wildman–Crippen LogP) is 0.825. The molecule has 140 valence electrons. The minimum absolute atomic E-state index is 0.152. The smallest absolute Gasteiger partial charge is 0.329 e. The molecular formula is C20H20N2O5. The number of ether oxygens (including phenoxy) is 1. The average Bonchev–Trinajstić information content (AvgIpc) is 3.23. The van der Waals surface area contributed by atoms with Gasteiger partial charge in [0.25, 0.3) is 11.5 Å². The second-order valence-corrected chi connectivity index (χ2v) is 6.90. The molecule has 2 aromatic rings. The van der Waals surface area contributed by atoms with Gasteiger partial charge in [0.15, 0.2) is 0 Å². The molecule has 0 spiro atoms. The van der Waals surface area contributed by atoms with Gasteiger partial charge >= 0.3 is 5.97 Å². The molecule has 0 bridgehead atoms. The third kappa shape index (κ3) is 2.57. The molecule has 1 aromatic heterocycles. The number of fused-ring (bicyclic) bond motifs is 3. The van der Waals surface area contributed by atoms with Crippen LogP contribution in [0, 0.1) is 11.8 Å². The lowest BCUT2D eigenvalue weighted by Crippen LogP contribution is -2.46. The monoisotopic (exact) mass is 368 g/mol. The number of esters is 1. The third-order valence-corrected chi connectivity index (χ3v) is 5.65. The first-order valence-electron chi connectivity index (χ1n) is 8.84. The van der Waals surface area contributed by atoms with E-state index in [1.807, 2.05) is 6.07 Å². The molecule has 3 heterocycles. The lowest BCUT2D eigenvalue weighted by molar-refractivity contribution is -0.147. The fraction of sp³-hybridized carbons (Fsp3) is 0.350. The SMILES string of the molecule is COC(=O)[C@@H]1[C@@H](CO)[C@@H]2Cn3c(cccc3=O)[C@@H]2N1C(=O)c1ccccc1. The van der Waals surface area contributed by atoms with Crippen LogP contribution in [0.15, 0.2) is 53.3 Å². The zero-order valence-corrected chi connectivity index (χ0v) is 14.8. The summed E-state index contributed by atoms with van der Waals surface area (Å²) in [4.78, 5) is 39.6. The molecule has 2 aliphatic rings. The first kappa shape index (κ1) is 17.5. The molecule has 1 N–H and O–H groups in total. The van der Waals surface area contributed by atoms with E-state index >= 15 is 0 Å². The van der Waals surface area contributed by atoms with E-state index in [2.05, 4.69) is 0 Å². The Labute approximate surface area is 155 Å². The molecule has 2 aliphatic heterocycles. The zero-order valence-electron chi connectivity index (χ0n) is 14.8. The van der Waals surface area contributed by atoms with Gasteiger partial charge in [0.2, 0.25) is 0 Å². The van der Waals surface area contributed by atoms with Crippen molar-refractivity contribution >= 4 is 11.9 Å². The van der Waals surface area contributed by atoms with Crippen LogP contribution in [0.1, 0.15) is 22.1 Å². The van der Waals surface area contributed by atoms with E-state index in [4.69, 9.17) is 4.74 Å². The molecule has 0 aliphatic carbocycles. The van der Waals surface area contributed by atoms with Crippen molar-refractivity contribution in [3.8, 4) is 0 Å². The van der Waals surface area contributed by atoms with Crippen LogP contribution in [0.2, 0.25) is 0 Å². The van der Waals surface area contributed by atoms with Crippen LogP contribution >= 0.6 is 0 Å². The minimum Gasteiger partial charge on any atom is -0.467 e. The summed E-state index contributed by atoms with van der Waals surface area (Å²) in [6.45, 7) is 0.0825. The Kier molecular flexibility index (Phi) is 4.31. The number of benzene rings is 1. The van der Waals surface area contributed by atoms with Gasteiger partial charge in [-0.1, -0.05) is 24.3 Å². The predicted molar refractivity (Wildman–Crippen MR) is 95.9 cm³/mol. The summed E-state index contributed by atoms with van der Waals surface area (Å²) in [7, 11) is 1.27. The number of aromatic nitrogens is 1. The summed E-state index contributed by atoms with van der Waals surface area (Å²) in [5.74, 6) is -1.62. The van der Waals surface area contributed by atoms with Gasteiger partial charge in [0.1, 0.15) is 6.04 Å². The molecular weight excluding hydrogens is 348 g/mol. The summed E-state index contributed by atoms with van der Waals surface area (Å²) in [6.07, 6.45) is 0. The molecule has 0 saturated carbocycles. The molecule has 1 saturated heterocycles. The second kappa shape index (κ2) is 6.66. The van der Waals surface area contributed by atoms with Crippen molar-refractivity contribution in [1.29, 1.82) is 0 Å².